The van der Waals surface area contributed by atoms with E-state index in [0.717, 1.165) is 59.1 Å². The van der Waals surface area contributed by atoms with E-state index >= 15 is 0 Å². The van der Waals surface area contributed by atoms with Gasteiger partial charge < -0.3 is 18.9 Å². The average Bonchev–Trinajstić information content (AvgIpc) is 3.09. The zero-order chi connectivity index (χ0) is 39.4. The second kappa shape index (κ2) is 18.6. The lowest BCUT2D eigenvalue weighted by Crippen LogP contribution is -2.36. The van der Waals surface area contributed by atoms with Gasteiger partial charge in [0.25, 0.3) is 0 Å². The van der Waals surface area contributed by atoms with Crippen molar-refractivity contribution in [3.63, 3.8) is 0 Å². The van der Waals surface area contributed by atoms with E-state index < -0.39 is 11.9 Å². The highest BCUT2D eigenvalue weighted by molar-refractivity contribution is 9.11. The number of carbonyl (C=O) groups excluding carboxylic acids is 2. The minimum Gasteiger partial charge on any atom is -0.423 e. The van der Waals surface area contributed by atoms with E-state index in [0.29, 0.717) is 67.1 Å². The second-order valence-corrected chi connectivity index (χ2v) is 18.6. The fraction of sp³-hybridized carbons (Fsp3) is 0.565. The van der Waals surface area contributed by atoms with Crippen LogP contribution in [0.15, 0.2) is 45.3 Å². The van der Waals surface area contributed by atoms with Crippen LogP contribution < -0.4 is 9.47 Å². The molecule has 2 fully saturated rings. The lowest BCUT2D eigenvalue weighted by Gasteiger charge is -2.37. The summed E-state index contributed by atoms with van der Waals surface area (Å²) in [5.41, 5.74) is 7.08. The van der Waals surface area contributed by atoms with Crippen LogP contribution >= 0.6 is 31.9 Å². The highest BCUT2D eigenvalue weighted by atomic mass is 79.9. The molecule has 2 aliphatic carbocycles. The molecule has 5 rings (SSSR count). The van der Waals surface area contributed by atoms with E-state index in [2.05, 4.69) is 85.5 Å². The molecule has 0 aromatic heterocycles. The number of benzene rings is 3. The highest BCUT2D eigenvalue weighted by Gasteiger charge is 2.35. The molecule has 0 saturated heterocycles. The van der Waals surface area contributed by atoms with E-state index in [1.165, 1.54) is 12.8 Å². The molecule has 0 unspecified atom stereocenters. The predicted octanol–water partition coefficient (Wildman–Crippen LogP) is 12.5. The first kappa shape index (κ1) is 42.6. The molecule has 3 aromatic rings. The fourth-order valence-corrected chi connectivity index (χ4v) is 10.1. The highest BCUT2D eigenvalue weighted by Crippen LogP contribution is 2.55. The fourth-order valence-electron chi connectivity index (χ4n) is 8.76. The Labute approximate surface area is 340 Å². The van der Waals surface area contributed by atoms with Gasteiger partial charge in [-0.05, 0) is 143 Å². The first-order chi connectivity index (χ1) is 25.5. The third kappa shape index (κ3) is 10.1. The maximum Gasteiger partial charge on any atom is 0.337 e. The van der Waals surface area contributed by atoms with Gasteiger partial charge in [-0.3, -0.25) is 0 Å². The van der Waals surface area contributed by atoms with Gasteiger partial charge in [0, 0.05) is 11.1 Å². The number of esters is 2. The summed E-state index contributed by atoms with van der Waals surface area (Å²) >= 11 is 7.79. The van der Waals surface area contributed by atoms with Crippen molar-refractivity contribution in [1.29, 1.82) is 0 Å². The van der Waals surface area contributed by atoms with Crippen LogP contribution in [0.4, 0.5) is 0 Å². The lowest BCUT2D eigenvalue weighted by atomic mass is 9.75. The summed E-state index contributed by atoms with van der Waals surface area (Å²) in [6.07, 6.45) is 6.39. The summed E-state index contributed by atoms with van der Waals surface area (Å²) in [7, 11) is 0. The van der Waals surface area contributed by atoms with E-state index in [-0.39, 0.29) is 25.4 Å². The van der Waals surface area contributed by atoms with Gasteiger partial charge in [0.1, 0.15) is 13.2 Å². The molecule has 8 heteroatoms. The monoisotopic (exact) mass is 866 g/mol. The van der Waals surface area contributed by atoms with Crippen molar-refractivity contribution in [2.45, 2.75) is 120 Å². The van der Waals surface area contributed by atoms with Gasteiger partial charge in [-0.25, -0.2) is 9.59 Å². The zero-order valence-corrected chi connectivity index (χ0v) is 37.1. The minimum absolute atomic E-state index is 0.00212. The Bertz CT molecular complexity index is 1680. The third-order valence-electron chi connectivity index (χ3n) is 11.8. The molecular formula is C46H60Br2O6. The van der Waals surface area contributed by atoms with Crippen LogP contribution in [0.2, 0.25) is 0 Å². The molecule has 2 aliphatic rings. The molecule has 294 valence electrons. The first-order valence-corrected chi connectivity index (χ1v) is 21.5. The molecule has 0 aliphatic heterocycles. The quantitative estimate of drug-likeness (QED) is 0.133. The van der Waals surface area contributed by atoms with Gasteiger partial charge >= 0.3 is 11.9 Å². The third-order valence-corrected chi connectivity index (χ3v) is 13.3. The van der Waals surface area contributed by atoms with Crippen LogP contribution in [0.1, 0.15) is 102 Å². The molecule has 54 heavy (non-hydrogen) atoms. The molecule has 0 spiro atoms. The van der Waals surface area contributed by atoms with Gasteiger partial charge in [-0.2, -0.15) is 0 Å². The van der Waals surface area contributed by atoms with Gasteiger partial charge in [0.05, 0.1) is 21.2 Å². The molecule has 6 atom stereocenters. The lowest BCUT2D eigenvalue weighted by molar-refractivity contribution is -0.145. The van der Waals surface area contributed by atoms with E-state index in [9.17, 15) is 9.59 Å². The Morgan fingerprint density at radius 1 is 0.630 bits per heavy atom. The molecule has 0 heterocycles. The number of carbonyl (C=O) groups is 2. The van der Waals surface area contributed by atoms with Crippen molar-refractivity contribution < 1.29 is 28.5 Å². The molecule has 0 bridgehead atoms. The molecule has 0 radical (unpaired) electrons. The van der Waals surface area contributed by atoms with Gasteiger partial charge in [-0.15, -0.1) is 0 Å². The summed E-state index contributed by atoms with van der Waals surface area (Å²) in [5, 5.41) is 0. The standard InChI is InChI=1S/C46H60Br2O6/c1-25(2)33-15-11-29(7)21-37(33)51-23-39(49)53-45-41(35-17-13-27(5)19-31(35)9)44(48)46(42(43(45)47)36-18-14-28(6)20-32(36)10)54-40(50)24-52-38-22-30(8)12-16-34(38)26(3)4/h13-14,17-20,25-26,29-30,33-34,37-38H,11-12,15-16,21-24H2,1-10H3/t29-,30-,33-,34-,37-,38-/m1/s1. The maximum absolute atomic E-state index is 13.9. The molecule has 0 amide bonds. The normalized spacial score (nSPS) is 23.1. The van der Waals surface area contributed by atoms with Crippen LogP contribution in [0.25, 0.3) is 22.3 Å². The van der Waals surface area contributed by atoms with E-state index in [4.69, 9.17) is 18.9 Å². The molecular weight excluding hydrogens is 808 g/mol. The maximum atomic E-state index is 13.9. The smallest absolute Gasteiger partial charge is 0.337 e. The number of ether oxygens (including phenoxy) is 4. The molecule has 2 saturated carbocycles. The topological polar surface area (TPSA) is 71.1 Å². The van der Waals surface area contributed by atoms with Gasteiger partial charge in [-0.1, -0.05) is 102 Å². The largest absolute Gasteiger partial charge is 0.423 e. The number of halogens is 2. The van der Waals surface area contributed by atoms with Crippen molar-refractivity contribution in [3.05, 3.63) is 67.6 Å². The van der Waals surface area contributed by atoms with Crippen molar-refractivity contribution in [2.24, 2.45) is 35.5 Å². The van der Waals surface area contributed by atoms with E-state index in [1.54, 1.807) is 0 Å². The Balaban J connectivity index is 1.57. The van der Waals surface area contributed by atoms with Gasteiger partial charge in [0.2, 0.25) is 0 Å². The van der Waals surface area contributed by atoms with Crippen LogP contribution in [0.3, 0.4) is 0 Å². The van der Waals surface area contributed by atoms with Crippen LogP contribution in [0, 0.1) is 63.2 Å². The summed E-state index contributed by atoms with van der Waals surface area (Å²) in [6.45, 7) is 21.2. The molecule has 0 N–H and O–H groups in total. The number of hydrogen-bond donors (Lipinski definition) is 0. The molecule has 3 aromatic carbocycles. The minimum atomic E-state index is -0.486. The zero-order valence-electron chi connectivity index (χ0n) is 33.9. The van der Waals surface area contributed by atoms with E-state index in [1.807, 2.05) is 52.0 Å². The second-order valence-electron chi connectivity index (χ2n) is 17.0. The summed E-state index contributed by atoms with van der Waals surface area (Å²) in [5.74, 6) is 2.51. The number of aryl methyl sites for hydroxylation is 4. The van der Waals surface area contributed by atoms with Crippen molar-refractivity contribution in [2.75, 3.05) is 13.2 Å². The van der Waals surface area contributed by atoms with Crippen LogP contribution in [0.5, 0.6) is 11.5 Å². The van der Waals surface area contributed by atoms with Crippen LogP contribution in [-0.4, -0.2) is 37.4 Å². The van der Waals surface area contributed by atoms with Crippen molar-refractivity contribution in [3.8, 4) is 33.8 Å². The Kier molecular flexibility index (Phi) is 14.7. The number of rotatable bonds is 12. The van der Waals surface area contributed by atoms with Crippen molar-refractivity contribution in [1.82, 2.24) is 0 Å². The van der Waals surface area contributed by atoms with Gasteiger partial charge in [0.15, 0.2) is 11.5 Å². The Morgan fingerprint density at radius 3 is 1.33 bits per heavy atom. The van der Waals surface area contributed by atoms with Crippen LogP contribution in [-0.2, 0) is 19.1 Å². The average molecular weight is 869 g/mol. The summed E-state index contributed by atoms with van der Waals surface area (Å²) < 4.78 is 26.5. The summed E-state index contributed by atoms with van der Waals surface area (Å²) in [4.78, 5) is 27.7. The predicted molar refractivity (Wildman–Crippen MR) is 225 cm³/mol. The first-order valence-electron chi connectivity index (χ1n) is 19.9. The Morgan fingerprint density at radius 2 is 1.00 bits per heavy atom. The van der Waals surface area contributed by atoms with Crippen molar-refractivity contribution >= 4 is 43.8 Å². The Hall–Kier alpha value is -2.52. The number of hydrogen-bond acceptors (Lipinski definition) is 6. The summed E-state index contributed by atoms with van der Waals surface area (Å²) in [6, 6.07) is 12.3. The molecule has 6 nitrogen and oxygen atoms in total. The SMILES string of the molecule is Cc1ccc(-c2c(Br)c(OC(=O)CO[C@@H]3C[C@H](C)CC[C@@H]3C(C)C)c(-c3ccc(C)cc3C)c(Br)c2OC(=O)CO[C@@H]2C[C@H](C)CC[C@@H]2C(C)C)c(C)c1.